The second-order valence-corrected chi connectivity index (χ2v) is 4.52. The summed E-state index contributed by atoms with van der Waals surface area (Å²) in [7, 11) is 0. The van der Waals surface area contributed by atoms with E-state index in [0.717, 1.165) is 6.42 Å². The van der Waals surface area contributed by atoms with Crippen molar-refractivity contribution in [2.75, 3.05) is 6.54 Å². The first-order chi connectivity index (χ1) is 7.13. The van der Waals surface area contributed by atoms with Crippen LogP contribution in [0.5, 0.6) is 0 Å². The predicted octanol–water partition coefficient (Wildman–Crippen LogP) is 0.246. The van der Waals surface area contributed by atoms with Gasteiger partial charge in [-0.25, -0.2) is 0 Å². The van der Waals surface area contributed by atoms with Gasteiger partial charge in [-0.15, -0.1) is 11.3 Å². The van der Waals surface area contributed by atoms with E-state index in [9.17, 15) is 4.79 Å². The first-order valence-corrected chi connectivity index (χ1v) is 5.70. The zero-order chi connectivity index (χ0) is 11.3. The molecule has 1 rings (SSSR count). The molecule has 0 aliphatic heterocycles. The molecule has 0 aliphatic carbocycles. The molecule has 0 spiro atoms. The Balaban J connectivity index is 2.28. The SMILES string of the molecule is CCc1ccc(CNCC(O)C(N)=O)s1. The van der Waals surface area contributed by atoms with Crippen LogP contribution in [0.4, 0.5) is 0 Å². The Morgan fingerprint density at radius 1 is 1.60 bits per heavy atom. The van der Waals surface area contributed by atoms with E-state index in [1.54, 1.807) is 11.3 Å². The summed E-state index contributed by atoms with van der Waals surface area (Å²) < 4.78 is 0. The summed E-state index contributed by atoms with van der Waals surface area (Å²) in [6.07, 6.45) is -0.0650. The molecule has 1 aromatic heterocycles. The normalized spacial score (nSPS) is 12.7. The number of amides is 1. The van der Waals surface area contributed by atoms with E-state index >= 15 is 0 Å². The standard InChI is InChI=1S/C10H16N2O2S/c1-2-7-3-4-8(15-7)5-12-6-9(13)10(11)14/h3-4,9,12-13H,2,5-6H2,1H3,(H2,11,14). The highest BCUT2D eigenvalue weighted by Crippen LogP contribution is 2.16. The predicted molar refractivity (Wildman–Crippen MR) is 60.6 cm³/mol. The van der Waals surface area contributed by atoms with E-state index in [1.165, 1.54) is 9.75 Å². The molecule has 1 aromatic rings. The van der Waals surface area contributed by atoms with Crippen LogP contribution < -0.4 is 11.1 Å². The Morgan fingerprint density at radius 2 is 2.27 bits per heavy atom. The minimum absolute atomic E-state index is 0.203. The van der Waals surface area contributed by atoms with Crippen molar-refractivity contribution in [3.05, 3.63) is 21.9 Å². The molecule has 0 saturated carbocycles. The summed E-state index contributed by atoms with van der Waals surface area (Å²) in [5, 5.41) is 12.1. The highest BCUT2D eigenvalue weighted by atomic mass is 32.1. The first-order valence-electron chi connectivity index (χ1n) is 4.89. The van der Waals surface area contributed by atoms with Gasteiger partial charge in [0.2, 0.25) is 5.91 Å². The number of hydrogen-bond acceptors (Lipinski definition) is 4. The molecule has 0 saturated heterocycles. The molecule has 1 heterocycles. The fourth-order valence-electron chi connectivity index (χ4n) is 1.14. The molecular weight excluding hydrogens is 212 g/mol. The van der Waals surface area contributed by atoms with E-state index in [0.29, 0.717) is 6.54 Å². The zero-order valence-corrected chi connectivity index (χ0v) is 9.51. The van der Waals surface area contributed by atoms with E-state index in [4.69, 9.17) is 10.8 Å². The summed E-state index contributed by atoms with van der Waals surface area (Å²) in [5.74, 6) is -0.692. The lowest BCUT2D eigenvalue weighted by Crippen LogP contribution is -2.37. The Labute approximate surface area is 93.1 Å². The number of carbonyl (C=O) groups is 1. The largest absolute Gasteiger partial charge is 0.382 e. The fourth-order valence-corrected chi connectivity index (χ4v) is 2.07. The van der Waals surface area contributed by atoms with Crippen LogP contribution in [-0.4, -0.2) is 23.7 Å². The number of aliphatic hydroxyl groups is 1. The molecule has 84 valence electrons. The lowest BCUT2D eigenvalue weighted by molar-refractivity contribution is -0.125. The third-order valence-corrected chi connectivity index (χ3v) is 3.26. The van der Waals surface area contributed by atoms with Crippen LogP contribution >= 0.6 is 11.3 Å². The molecule has 1 atom stereocenters. The number of thiophene rings is 1. The molecule has 4 N–H and O–H groups in total. The van der Waals surface area contributed by atoms with Gasteiger partial charge in [-0.05, 0) is 18.6 Å². The van der Waals surface area contributed by atoms with Gasteiger partial charge >= 0.3 is 0 Å². The van der Waals surface area contributed by atoms with E-state index in [2.05, 4.69) is 18.3 Å². The summed E-state index contributed by atoms with van der Waals surface area (Å²) in [5.41, 5.74) is 4.91. The molecule has 0 radical (unpaired) electrons. The van der Waals surface area contributed by atoms with Gasteiger partial charge in [-0.3, -0.25) is 4.79 Å². The van der Waals surface area contributed by atoms with Crippen molar-refractivity contribution >= 4 is 17.2 Å². The van der Waals surface area contributed by atoms with Crippen molar-refractivity contribution in [2.24, 2.45) is 5.73 Å². The number of nitrogens with one attached hydrogen (secondary N) is 1. The third-order valence-electron chi connectivity index (χ3n) is 2.03. The average molecular weight is 228 g/mol. The number of nitrogens with two attached hydrogens (primary N) is 1. The molecule has 5 heteroatoms. The zero-order valence-electron chi connectivity index (χ0n) is 8.69. The smallest absolute Gasteiger partial charge is 0.247 e. The second kappa shape index (κ2) is 5.85. The van der Waals surface area contributed by atoms with Gasteiger partial charge in [0.05, 0.1) is 0 Å². The molecule has 0 bridgehead atoms. The Bertz CT molecular complexity index is 325. The summed E-state index contributed by atoms with van der Waals surface area (Å²) in [6, 6.07) is 4.14. The van der Waals surface area contributed by atoms with Crippen molar-refractivity contribution in [3.8, 4) is 0 Å². The summed E-state index contributed by atoms with van der Waals surface area (Å²) in [4.78, 5) is 13.1. The molecule has 1 unspecified atom stereocenters. The molecular formula is C10H16N2O2S. The van der Waals surface area contributed by atoms with Gasteiger partial charge in [0, 0.05) is 22.8 Å². The van der Waals surface area contributed by atoms with Crippen LogP contribution in [0.2, 0.25) is 0 Å². The number of aryl methyl sites for hydroxylation is 1. The van der Waals surface area contributed by atoms with Crippen molar-refractivity contribution in [3.63, 3.8) is 0 Å². The van der Waals surface area contributed by atoms with Crippen LogP contribution in [0.3, 0.4) is 0 Å². The van der Waals surface area contributed by atoms with Crippen molar-refractivity contribution in [1.29, 1.82) is 0 Å². The van der Waals surface area contributed by atoms with Gasteiger partial charge in [0.25, 0.3) is 0 Å². The molecule has 0 aliphatic rings. The van der Waals surface area contributed by atoms with E-state index in [-0.39, 0.29) is 6.54 Å². The average Bonchev–Trinajstić information content (AvgIpc) is 2.65. The highest BCUT2D eigenvalue weighted by molar-refractivity contribution is 7.11. The molecule has 0 fully saturated rings. The van der Waals surface area contributed by atoms with Crippen LogP contribution in [0.25, 0.3) is 0 Å². The van der Waals surface area contributed by atoms with E-state index < -0.39 is 12.0 Å². The summed E-state index contributed by atoms with van der Waals surface area (Å²) in [6.45, 7) is 2.98. The topological polar surface area (TPSA) is 75.3 Å². The lowest BCUT2D eigenvalue weighted by Gasteiger charge is -2.06. The number of aliphatic hydroxyl groups excluding tert-OH is 1. The maximum Gasteiger partial charge on any atom is 0.247 e. The summed E-state index contributed by atoms with van der Waals surface area (Å²) >= 11 is 1.73. The van der Waals surface area contributed by atoms with Crippen molar-refractivity contribution < 1.29 is 9.90 Å². The number of primary amides is 1. The number of carbonyl (C=O) groups excluding carboxylic acids is 1. The quantitative estimate of drug-likeness (QED) is 0.653. The maximum absolute atomic E-state index is 10.5. The van der Waals surface area contributed by atoms with Gasteiger partial charge < -0.3 is 16.2 Å². The molecule has 1 amide bonds. The van der Waals surface area contributed by atoms with Crippen LogP contribution in [0, 0.1) is 0 Å². The van der Waals surface area contributed by atoms with Crippen LogP contribution in [0.15, 0.2) is 12.1 Å². The highest BCUT2D eigenvalue weighted by Gasteiger charge is 2.09. The van der Waals surface area contributed by atoms with E-state index in [1.807, 2.05) is 6.07 Å². The third kappa shape index (κ3) is 3.99. The van der Waals surface area contributed by atoms with Gasteiger partial charge in [-0.2, -0.15) is 0 Å². The van der Waals surface area contributed by atoms with Crippen LogP contribution in [-0.2, 0) is 17.8 Å². The van der Waals surface area contributed by atoms with Gasteiger partial charge in [0.15, 0.2) is 0 Å². The molecule has 0 aromatic carbocycles. The van der Waals surface area contributed by atoms with Crippen LogP contribution in [0.1, 0.15) is 16.7 Å². The molecule has 4 nitrogen and oxygen atoms in total. The fraction of sp³-hybridized carbons (Fsp3) is 0.500. The maximum atomic E-state index is 10.5. The Hall–Kier alpha value is -0.910. The van der Waals surface area contributed by atoms with Crippen molar-refractivity contribution in [1.82, 2.24) is 5.32 Å². The first kappa shape index (κ1) is 12.2. The minimum Gasteiger partial charge on any atom is -0.382 e. The van der Waals surface area contributed by atoms with Gasteiger partial charge in [0.1, 0.15) is 6.10 Å². The monoisotopic (exact) mass is 228 g/mol. The number of rotatable bonds is 6. The Morgan fingerprint density at radius 3 is 2.80 bits per heavy atom. The molecule has 15 heavy (non-hydrogen) atoms. The van der Waals surface area contributed by atoms with Crippen molar-refractivity contribution in [2.45, 2.75) is 26.0 Å². The minimum atomic E-state index is -1.10. The lowest BCUT2D eigenvalue weighted by atomic mass is 10.3. The number of hydrogen-bond donors (Lipinski definition) is 3. The van der Waals surface area contributed by atoms with Gasteiger partial charge in [-0.1, -0.05) is 6.92 Å². The Kier molecular flexibility index (Phi) is 4.74. The second-order valence-electron chi connectivity index (χ2n) is 3.27.